The van der Waals surface area contributed by atoms with E-state index < -0.39 is 0 Å². The third-order valence-corrected chi connectivity index (χ3v) is 4.84. The fourth-order valence-corrected chi connectivity index (χ4v) is 3.69. The largest absolute Gasteiger partial charge is 0.352 e. The molecule has 2 aliphatic carbocycles. The Hall–Kier alpha value is -0.570. The molecule has 0 radical (unpaired) electrons. The smallest absolute Gasteiger partial charge is 0.223 e. The summed E-state index contributed by atoms with van der Waals surface area (Å²) in [5.74, 6) is 2.29. The molecule has 3 heteroatoms. The van der Waals surface area contributed by atoms with E-state index in [9.17, 15) is 4.79 Å². The molecule has 96 valence electrons. The van der Waals surface area contributed by atoms with Crippen molar-refractivity contribution in [3.05, 3.63) is 0 Å². The number of rotatable bonds is 3. The zero-order valence-electron chi connectivity index (χ0n) is 10.6. The first-order chi connectivity index (χ1) is 8.34. The summed E-state index contributed by atoms with van der Waals surface area (Å²) in [5.41, 5.74) is 0. The molecule has 2 saturated carbocycles. The van der Waals surface area contributed by atoms with E-state index in [4.69, 9.17) is 0 Å². The maximum absolute atomic E-state index is 12.1. The summed E-state index contributed by atoms with van der Waals surface area (Å²) in [6.45, 7) is 2.02. The van der Waals surface area contributed by atoms with Crippen LogP contribution in [0.3, 0.4) is 0 Å². The molecule has 0 bridgehead atoms. The molecule has 1 amide bonds. The first kappa shape index (κ1) is 11.5. The fraction of sp³-hybridized carbons (Fsp3) is 0.929. The number of amides is 1. The monoisotopic (exact) mass is 236 g/mol. The third-order valence-electron chi connectivity index (χ3n) is 4.84. The average molecular weight is 236 g/mol. The van der Waals surface area contributed by atoms with E-state index in [1.54, 1.807) is 0 Å². The van der Waals surface area contributed by atoms with Crippen LogP contribution in [0, 0.1) is 17.8 Å². The van der Waals surface area contributed by atoms with Crippen LogP contribution in [0.1, 0.15) is 44.9 Å². The van der Waals surface area contributed by atoms with Crippen LogP contribution < -0.4 is 10.6 Å². The normalized spacial score (nSPS) is 38.0. The molecule has 0 aromatic rings. The van der Waals surface area contributed by atoms with E-state index in [-0.39, 0.29) is 0 Å². The number of carbonyl (C=O) groups excluding carboxylic acids is 1. The van der Waals surface area contributed by atoms with Gasteiger partial charge in [0.15, 0.2) is 0 Å². The van der Waals surface area contributed by atoms with Crippen molar-refractivity contribution < 1.29 is 4.79 Å². The maximum Gasteiger partial charge on any atom is 0.223 e. The van der Waals surface area contributed by atoms with Crippen LogP contribution in [-0.2, 0) is 4.79 Å². The molecule has 0 aromatic carbocycles. The summed E-state index contributed by atoms with van der Waals surface area (Å²) in [6.07, 6.45) is 9.21. The van der Waals surface area contributed by atoms with Gasteiger partial charge in [0.2, 0.25) is 5.91 Å². The molecule has 3 unspecified atom stereocenters. The molecule has 0 spiro atoms. The van der Waals surface area contributed by atoms with Crippen LogP contribution >= 0.6 is 0 Å². The standard InChI is InChI=1S/C14H24N2O/c17-14(16-11-6-7-15-9-11)13-8-12(13)10-4-2-1-3-5-10/h10-13,15H,1-9H2,(H,16,17). The molecule has 17 heavy (non-hydrogen) atoms. The number of hydrogen-bond acceptors (Lipinski definition) is 2. The van der Waals surface area contributed by atoms with Gasteiger partial charge in [0.05, 0.1) is 0 Å². The Morgan fingerprint density at radius 2 is 1.94 bits per heavy atom. The van der Waals surface area contributed by atoms with Crippen LogP contribution in [0.5, 0.6) is 0 Å². The van der Waals surface area contributed by atoms with Crippen LogP contribution in [0.25, 0.3) is 0 Å². The molecule has 3 nitrogen and oxygen atoms in total. The van der Waals surface area contributed by atoms with E-state index in [0.29, 0.717) is 17.9 Å². The van der Waals surface area contributed by atoms with Crippen molar-refractivity contribution in [2.45, 2.75) is 51.0 Å². The Morgan fingerprint density at radius 1 is 1.12 bits per heavy atom. The molecule has 1 heterocycles. The Morgan fingerprint density at radius 3 is 2.65 bits per heavy atom. The van der Waals surface area contributed by atoms with E-state index in [1.807, 2.05) is 0 Å². The second-order valence-electron chi connectivity index (χ2n) is 6.10. The molecule has 2 N–H and O–H groups in total. The molecule has 3 atom stereocenters. The number of carbonyl (C=O) groups is 1. The minimum atomic E-state index is 0.342. The Bertz CT molecular complexity index is 280. The van der Waals surface area contributed by atoms with Gasteiger partial charge in [0, 0.05) is 18.5 Å². The zero-order chi connectivity index (χ0) is 11.7. The topological polar surface area (TPSA) is 41.1 Å². The van der Waals surface area contributed by atoms with Crippen LogP contribution in [0.15, 0.2) is 0 Å². The third kappa shape index (κ3) is 2.65. The molecular weight excluding hydrogens is 212 g/mol. The highest BCUT2D eigenvalue weighted by atomic mass is 16.2. The number of nitrogens with one attached hydrogen (secondary N) is 2. The summed E-state index contributed by atoms with van der Waals surface area (Å²) in [7, 11) is 0. The minimum absolute atomic E-state index is 0.342. The van der Waals surface area contributed by atoms with Crippen molar-refractivity contribution in [1.82, 2.24) is 10.6 Å². The first-order valence-corrected chi connectivity index (χ1v) is 7.35. The van der Waals surface area contributed by atoms with Crippen molar-refractivity contribution in [1.29, 1.82) is 0 Å². The molecule has 3 fully saturated rings. The second kappa shape index (κ2) is 4.97. The predicted molar refractivity (Wildman–Crippen MR) is 67.6 cm³/mol. The molecular formula is C14H24N2O. The lowest BCUT2D eigenvalue weighted by Crippen LogP contribution is -2.37. The summed E-state index contributed by atoms with van der Waals surface area (Å²) >= 11 is 0. The lowest BCUT2D eigenvalue weighted by Gasteiger charge is -2.21. The minimum Gasteiger partial charge on any atom is -0.352 e. The van der Waals surface area contributed by atoms with Gasteiger partial charge in [-0.1, -0.05) is 32.1 Å². The highest BCUT2D eigenvalue weighted by molar-refractivity contribution is 5.81. The van der Waals surface area contributed by atoms with Gasteiger partial charge < -0.3 is 10.6 Å². The van der Waals surface area contributed by atoms with Crippen molar-refractivity contribution in [3.63, 3.8) is 0 Å². The summed E-state index contributed by atoms with van der Waals surface area (Å²) in [6, 6.07) is 0.398. The van der Waals surface area contributed by atoms with Crippen molar-refractivity contribution in [2.24, 2.45) is 17.8 Å². The molecule has 1 saturated heterocycles. The zero-order valence-corrected chi connectivity index (χ0v) is 10.6. The van der Waals surface area contributed by atoms with Crippen LogP contribution in [0.4, 0.5) is 0 Å². The Labute approximate surface area is 104 Å². The Kier molecular flexibility index (Phi) is 3.37. The van der Waals surface area contributed by atoms with Gasteiger partial charge in [-0.3, -0.25) is 4.79 Å². The average Bonchev–Trinajstić information content (AvgIpc) is 3.02. The van der Waals surface area contributed by atoms with E-state index >= 15 is 0 Å². The Balaban J connectivity index is 1.45. The van der Waals surface area contributed by atoms with Gasteiger partial charge in [-0.2, -0.15) is 0 Å². The van der Waals surface area contributed by atoms with E-state index in [1.165, 1.54) is 32.1 Å². The van der Waals surface area contributed by atoms with Gasteiger partial charge in [0.1, 0.15) is 0 Å². The van der Waals surface area contributed by atoms with Gasteiger partial charge in [0.25, 0.3) is 0 Å². The van der Waals surface area contributed by atoms with Gasteiger partial charge in [-0.15, -0.1) is 0 Å². The SMILES string of the molecule is O=C(NC1CCNC1)C1CC1C1CCCCC1. The maximum atomic E-state index is 12.1. The molecule has 0 aromatic heterocycles. The quantitative estimate of drug-likeness (QED) is 0.783. The van der Waals surface area contributed by atoms with Crippen molar-refractivity contribution >= 4 is 5.91 Å². The van der Waals surface area contributed by atoms with E-state index in [0.717, 1.165) is 37.8 Å². The lowest BCUT2D eigenvalue weighted by molar-refractivity contribution is -0.123. The number of hydrogen-bond donors (Lipinski definition) is 2. The molecule has 3 rings (SSSR count). The van der Waals surface area contributed by atoms with Crippen LogP contribution in [0.2, 0.25) is 0 Å². The van der Waals surface area contributed by atoms with E-state index in [2.05, 4.69) is 10.6 Å². The van der Waals surface area contributed by atoms with Crippen LogP contribution in [-0.4, -0.2) is 25.0 Å². The lowest BCUT2D eigenvalue weighted by atomic mass is 9.85. The first-order valence-electron chi connectivity index (χ1n) is 7.35. The molecule has 3 aliphatic rings. The summed E-state index contributed by atoms with van der Waals surface area (Å²) in [5, 5.41) is 6.51. The van der Waals surface area contributed by atoms with Gasteiger partial charge in [-0.25, -0.2) is 0 Å². The summed E-state index contributed by atoms with van der Waals surface area (Å²) in [4.78, 5) is 12.1. The molecule has 1 aliphatic heterocycles. The van der Waals surface area contributed by atoms with Crippen molar-refractivity contribution in [3.8, 4) is 0 Å². The van der Waals surface area contributed by atoms with Gasteiger partial charge >= 0.3 is 0 Å². The van der Waals surface area contributed by atoms with Gasteiger partial charge in [-0.05, 0) is 31.2 Å². The fourth-order valence-electron chi connectivity index (χ4n) is 3.69. The highest BCUT2D eigenvalue weighted by Gasteiger charge is 2.47. The van der Waals surface area contributed by atoms with Crippen molar-refractivity contribution in [2.75, 3.05) is 13.1 Å². The predicted octanol–water partition coefficient (Wildman–Crippen LogP) is 1.68. The summed E-state index contributed by atoms with van der Waals surface area (Å²) < 4.78 is 0. The highest BCUT2D eigenvalue weighted by Crippen LogP contribution is 2.49. The second-order valence-corrected chi connectivity index (χ2v) is 6.10.